The standard InChI is InChI=1S/C8H5F2NO5/c1-14-5-3-7-6(2-4(5)11(12)13)15-8(9,10)16-7/h2-3H,1H3. The van der Waals surface area contributed by atoms with Gasteiger partial charge < -0.3 is 14.2 Å². The smallest absolute Gasteiger partial charge is 0.490 e. The zero-order chi connectivity index (χ0) is 11.9. The summed E-state index contributed by atoms with van der Waals surface area (Å²) in [5.74, 6) is -0.866. The van der Waals surface area contributed by atoms with Crippen LogP contribution < -0.4 is 14.2 Å². The van der Waals surface area contributed by atoms with Crippen LogP contribution in [-0.4, -0.2) is 18.3 Å². The second-order valence-corrected chi connectivity index (χ2v) is 2.90. The largest absolute Gasteiger partial charge is 0.586 e. The maximum absolute atomic E-state index is 12.7. The molecule has 86 valence electrons. The van der Waals surface area contributed by atoms with Crippen molar-refractivity contribution in [1.29, 1.82) is 0 Å². The second-order valence-electron chi connectivity index (χ2n) is 2.90. The lowest BCUT2D eigenvalue weighted by molar-refractivity contribution is -0.385. The highest BCUT2D eigenvalue weighted by Crippen LogP contribution is 2.46. The van der Waals surface area contributed by atoms with Crippen LogP contribution in [-0.2, 0) is 0 Å². The van der Waals surface area contributed by atoms with Gasteiger partial charge in [0.25, 0.3) is 0 Å². The number of benzene rings is 1. The maximum Gasteiger partial charge on any atom is 0.586 e. The second kappa shape index (κ2) is 3.19. The molecular weight excluding hydrogens is 228 g/mol. The lowest BCUT2D eigenvalue weighted by atomic mass is 10.2. The van der Waals surface area contributed by atoms with E-state index in [2.05, 4.69) is 14.2 Å². The number of nitrogens with zero attached hydrogens (tertiary/aromatic N) is 1. The molecule has 0 aliphatic carbocycles. The third-order valence-corrected chi connectivity index (χ3v) is 1.90. The van der Waals surface area contributed by atoms with E-state index in [1.54, 1.807) is 0 Å². The van der Waals surface area contributed by atoms with Gasteiger partial charge in [0.15, 0.2) is 11.5 Å². The number of halogens is 2. The van der Waals surface area contributed by atoms with Crippen molar-refractivity contribution in [1.82, 2.24) is 0 Å². The van der Waals surface area contributed by atoms with Gasteiger partial charge in [0.1, 0.15) is 0 Å². The number of hydrogen-bond acceptors (Lipinski definition) is 5. The highest BCUT2D eigenvalue weighted by atomic mass is 19.3. The molecule has 0 unspecified atom stereocenters. The fraction of sp³-hybridized carbons (Fsp3) is 0.250. The Balaban J connectivity index is 2.51. The van der Waals surface area contributed by atoms with Crippen molar-refractivity contribution in [2.45, 2.75) is 6.29 Å². The molecule has 1 aliphatic heterocycles. The Bertz CT molecular complexity index is 462. The first-order chi connectivity index (χ1) is 7.43. The molecule has 1 aliphatic rings. The average Bonchev–Trinajstić information content (AvgIpc) is 2.48. The van der Waals surface area contributed by atoms with Crippen molar-refractivity contribution in [3.8, 4) is 17.2 Å². The molecule has 2 rings (SSSR count). The zero-order valence-electron chi connectivity index (χ0n) is 7.90. The van der Waals surface area contributed by atoms with Crippen molar-refractivity contribution in [3.63, 3.8) is 0 Å². The molecule has 0 fully saturated rings. The third kappa shape index (κ3) is 1.58. The molecule has 0 saturated carbocycles. The van der Waals surface area contributed by atoms with Gasteiger partial charge in [0.05, 0.1) is 18.1 Å². The van der Waals surface area contributed by atoms with E-state index in [0.29, 0.717) is 0 Å². The summed E-state index contributed by atoms with van der Waals surface area (Å²) in [7, 11) is 1.18. The normalized spacial score (nSPS) is 15.9. The van der Waals surface area contributed by atoms with E-state index in [9.17, 15) is 18.9 Å². The topological polar surface area (TPSA) is 70.8 Å². The lowest BCUT2D eigenvalue weighted by Crippen LogP contribution is -2.25. The Kier molecular flexibility index (Phi) is 2.07. The van der Waals surface area contributed by atoms with Crippen LogP contribution in [0.1, 0.15) is 0 Å². The van der Waals surface area contributed by atoms with Gasteiger partial charge in [-0.3, -0.25) is 10.1 Å². The maximum atomic E-state index is 12.7. The summed E-state index contributed by atoms with van der Waals surface area (Å²) in [4.78, 5) is 9.82. The van der Waals surface area contributed by atoms with E-state index in [1.165, 1.54) is 7.11 Å². The first kappa shape index (κ1) is 10.4. The van der Waals surface area contributed by atoms with Crippen molar-refractivity contribution in [2.75, 3.05) is 7.11 Å². The van der Waals surface area contributed by atoms with E-state index in [-0.39, 0.29) is 11.5 Å². The summed E-state index contributed by atoms with van der Waals surface area (Å²) >= 11 is 0. The van der Waals surface area contributed by atoms with Crippen LogP contribution in [0, 0.1) is 10.1 Å². The molecule has 0 spiro atoms. The van der Waals surface area contributed by atoms with Crippen molar-refractivity contribution < 1.29 is 27.9 Å². The minimum Gasteiger partial charge on any atom is -0.490 e. The van der Waals surface area contributed by atoms with Gasteiger partial charge in [0.2, 0.25) is 5.75 Å². The molecule has 1 aromatic carbocycles. The first-order valence-corrected chi connectivity index (χ1v) is 4.05. The number of fused-ring (bicyclic) bond motifs is 1. The van der Waals surface area contributed by atoms with E-state index in [1.807, 2.05) is 0 Å². The van der Waals surface area contributed by atoms with Crippen LogP contribution in [0.15, 0.2) is 12.1 Å². The van der Waals surface area contributed by atoms with Crippen LogP contribution in [0.4, 0.5) is 14.5 Å². The molecule has 0 amide bonds. The highest BCUT2D eigenvalue weighted by molar-refractivity contribution is 5.59. The SMILES string of the molecule is COc1cc2c(cc1[N+](=O)[O-])OC(F)(F)O2. The molecule has 0 bridgehead atoms. The van der Waals surface area contributed by atoms with Crippen LogP contribution in [0.3, 0.4) is 0 Å². The van der Waals surface area contributed by atoms with Gasteiger partial charge in [-0.05, 0) is 0 Å². The third-order valence-electron chi connectivity index (χ3n) is 1.90. The molecule has 6 nitrogen and oxygen atoms in total. The summed E-state index contributed by atoms with van der Waals surface area (Å²) in [5, 5.41) is 10.6. The molecule has 0 N–H and O–H groups in total. The number of rotatable bonds is 2. The molecule has 1 aromatic rings. The Morgan fingerprint density at radius 2 is 1.94 bits per heavy atom. The van der Waals surface area contributed by atoms with E-state index < -0.39 is 22.7 Å². The van der Waals surface area contributed by atoms with Gasteiger partial charge in [0, 0.05) is 6.07 Å². The summed E-state index contributed by atoms with van der Waals surface area (Å²) in [6.07, 6.45) is -3.80. The predicted octanol–water partition coefficient (Wildman–Crippen LogP) is 1.92. The molecule has 0 radical (unpaired) electrons. The van der Waals surface area contributed by atoms with Gasteiger partial charge in [-0.25, -0.2) is 0 Å². The van der Waals surface area contributed by atoms with E-state index >= 15 is 0 Å². The number of methoxy groups -OCH3 is 1. The van der Waals surface area contributed by atoms with Gasteiger partial charge in [-0.15, -0.1) is 8.78 Å². The molecule has 0 atom stereocenters. The predicted molar refractivity (Wildman–Crippen MR) is 45.9 cm³/mol. The highest BCUT2D eigenvalue weighted by Gasteiger charge is 2.44. The van der Waals surface area contributed by atoms with Crippen molar-refractivity contribution in [3.05, 3.63) is 22.2 Å². The van der Waals surface area contributed by atoms with Gasteiger partial charge >= 0.3 is 12.0 Å². The molecule has 1 heterocycles. The van der Waals surface area contributed by atoms with Crippen molar-refractivity contribution in [2.24, 2.45) is 0 Å². The number of nitro groups is 1. The number of hydrogen-bond donors (Lipinski definition) is 0. The number of nitro benzene ring substituents is 1. The fourth-order valence-electron chi connectivity index (χ4n) is 1.27. The Morgan fingerprint density at radius 3 is 2.44 bits per heavy atom. The lowest BCUT2D eigenvalue weighted by Gasteiger charge is -2.04. The molecule has 8 heteroatoms. The molecular formula is C8H5F2NO5. The minimum atomic E-state index is -3.80. The minimum absolute atomic E-state index is 0.176. The summed E-state index contributed by atoms with van der Waals surface area (Å²) in [5.41, 5.74) is -0.470. The molecule has 16 heavy (non-hydrogen) atoms. The van der Waals surface area contributed by atoms with Gasteiger partial charge in [-0.2, -0.15) is 0 Å². The van der Waals surface area contributed by atoms with Crippen LogP contribution in [0.25, 0.3) is 0 Å². The number of ether oxygens (including phenoxy) is 3. The monoisotopic (exact) mass is 233 g/mol. The van der Waals surface area contributed by atoms with E-state index in [4.69, 9.17) is 0 Å². The average molecular weight is 233 g/mol. The number of alkyl halides is 2. The Labute approximate surface area is 87.5 Å². The van der Waals surface area contributed by atoms with Gasteiger partial charge in [-0.1, -0.05) is 0 Å². The fourth-order valence-corrected chi connectivity index (χ4v) is 1.27. The summed E-state index contributed by atoms with van der Waals surface area (Å²) < 4.78 is 38.2. The summed E-state index contributed by atoms with van der Waals surface area (Å²) in [6.45, 7) is 0. The molecule has 0 aromatic heterocycles. The zero-order valence-corrected chi connectivity index (χ0v) is 7.90. The quantitative estimate of drug-likeness (QED) is 0.576. The Morgan fingerprint density at radius 1 is 1.38 bits per heavy atom. The summed E-state index contributed by atoms with van der Waals surface area (Å²) in [6, 6.07) is 1.81. The van der Waals surface area contributed by atoms with Crippen LogP contribution >= 0.6 is 0 Å². The van der Waals surface area contributed by atoms with Crippen LogP contribution in [0.5, 0.6) is 17.2 Å². The van der Waals surface area contributed by atoms with Crippen molar-refractivity contribution >= 4 is 5.69 Å². The van der Waals surface area contributed by atoms with E-state index in [0.717, 1.165) is 12.1 Å². The first-order valence-electron chi connectivity index (χ1n) is 4.05. The molecule has 0 saturated heterocycles. The van der Waals surface area contributed by atoms with Crippen LogP contribution in [0.2, 0.25) is 0 Å². The Hall–Kier alpha value is -2.12.